The molecule has 3 rings (SSSR count). The van der Waals surface area contributed by atoms with Gasteiger partial charge in [-0.2, -0.15) is 0 Å². The SMILES string of the molecule is O=C(NCCCn1cccc1)[C@H]1CC12CCCCC2. The predicted octanol–water partition coefficient (Wildman–Crippen LogP) is 2.96. The summed E-state index contributed by atoms with van der Waals surface area (Å²) in [6.07, 6.45) is 12.9. The van der Waals surface area contributed by atoms with Crippen molar-refractivity contribution < 1.29 is 4.79 Å². The molecule has 0 unspecified atom stereocenters. The molecule has 1 atom stereocenters. The number of rotatable bonds is 5. The Labute approximate surface area is 115 Å². The zero-order valence-corrected chi connectivity index (χ0v) is 11.6. The molecular weight excluding hydrogens is 236 g/mol. The molecule has 104 valence electrons. The molecule has 2 aliphatic rings. The zero-order valence-electron chi connectivity index (χ0n) is 11.6. The third-order valence-electron chi connectivity index (χ3n) is 4.91. The molecule has 0 aliphatic heterocycles. The maximum atomic E-state index is 12.1. The van der Waals surface area contributed by atoms with Crippen LogP contribution in [-0.4, -0.2) is 17.0 Å². The Bertz CT molecular complexity index is 418. The standard InChI is InChI=1S/C16H24N2O/c19-15(14-13-16(14)7-2-1-3-8-16)17-9-6-12-18-10-4-5-11-18/h4-5,10-11,14H,1-3,6-9,12-13H2,(H,17,19)/t14-/m1/s1. The summed E-state index contributed by atoms with van der Waals surface area (Å²) in [6, 6.07) is 4.07. The summed E-state index contributed by atoms with van der Waals surface area (Å²) >= 11 is 0. The van der Waals surface area contributed by atoms with Gasteiger partial charge in [-0.25, -0.2) is 0 Å². The first kappa shape index (κ1) is 12.8. The summed E-state index contributed by atoms with van der Waals surface area (Å²) in [7, 11) is 0. The molecule has 19 heavy (non-hydrogen) atoms. The lowest BCUT2D eigenvalue weighted by Crippen LogP contribution is -2.29. The van der Waals surface area contributed by atoms with Gasteiger partial charge in [0.15, 0.2) is 0 Å². The first-order valence-electron chi connectivity index (χ1n) is 7.69. The molecule has 2 fully saturated rings. The van der Waals surface area contributed by atoms with Gasteiger partial charge in [0.25, 0.3) is 0 Å². The van der Waals surface area contributed by atoms with Crippen molar-refractivity contribution in [3.8, 4) is 0 Å². The number of hydrogen-bond acceptors (Lipinski definition) is 1. The second kappa shape index (κ2) is 5.40. The summed E-state index contributed by atoms with van der Waals surface area (Å²) in [6.45, 7) is 1.80. The minimum Gasteiger partial charge on any atom is -0.356 e. The van der Waals surface area contributed by atoms with Gasteiger partial charge in [-0.05, 0) is 43.2 Å². The summed E-state index contributed by atoms with van der Waals surface area (Å²) < 4.78 is 2.16. The van der Waals surface area contributed by atoms with Gasteiger partial charge in [0, 0.05) is 31.4 Å². The summed E-state index contributed by atoms with van der Waals surface area (Å²) in [5.41, 5.74) is 0.419. The fourth-order valence-corrected chi connectivity index (χ4v) is 3.64. The van der Waals surface area contributed by atoms with Crippen molar-refractivity contribution in [1.82, 2.24) is 9.88 Å². The normalized spacial score (nSPS) is 24.3. The van der Waals surface area contributed by atoms with Gasteiger partial charge in [-0.3, -0.25) is 4.79 Å². The number of nitrogens with one attached hydrogen (secondary N) is 1. The van der Waals surface area contributed by atoms with Crippen molar-refractivity contribution in [2.75, 3.05) is 6.54 Å². The van der Waals surface area contributed by atoms with Crippen molar-refractivity contribution >= 4 is 5.91 Å². The van der Waals surface area contributed by atoms with Gasteiger partial charge in [-0.15, -0.1) is 0 Å². The lowest BCUT2D eigenvalue weighted by atomic mass is 9.84. The number of aromatic nitrogens is 1. The molecule has 1 aromatic heterocycles. The van der Waals surface area contributed by atoms with E-state index >= 15 is 0 Å². The molecule has 2 saturated carbocycles. The Hall–Kier alpha value is -1.25. The van der Waals surface area contributed by atoms with E-state index in [-0.39, 0.29) is 0 Å². The molecule has 1 heterocycles. The zero-order chi connectivity index (χ0) is 13.1. The first-order chi connectivity index (χ1) is 9.30. The molecule has 1 spiro atoms. The second-order valence-corrected chi connectivity index (χ2v) is 6.25. The number of carbonyl (C=O) groups excluding carboxylic acids is 1. The summed E-state index contributed by atoms with van der Waals surface area (Å²) in [5.74, 6) is 0.647. The van der Waals surface area contributed by atoms with E-state index in [4.69, 9.17) is 0 Å². The molecule has 3 heteroatoms. The van der Waals surface area contributed by atoms with Crippen LogP contribution in [0, 0.1) is 11.3 Å². The Morgan fingerprint density at radius 2 is 1.95 bits per heavy atom. The van der Waals surface area contributed by atoms with Gasteiger partial charge in [0.05, 0.1) is 0 Å². The number of carbonyl (C=O) groups is 1. The highest BCUT2D eigenvalue weighted by atomic mass is 16.2. The highest BCUT2D eigenvalue weighted by Gasteiger charge is 2.57. The molecule has 3 nitrogen and oxygen atoms in total. The Morgan fingerprint density at radius 1 is 1.21 bits per heavy atom. The van der Waals surface area contributed by atoms with Gasteiger partial charge in [0.1, 0.15) is 0 Å². The molecular formula is C16H24N2O. The minimum atomic E-state index is 0.314. The fourth-order valence-electron chi connectivity index (χ4n) is 3.64. The highest BCUT2D eigenvalue weighted by Crippen LogP contribution is 2.61. The number of hydrogen-bond donors (Lipinski definition) is 1. The van der Waals surface area contributed by atoms with Gasteiger partial charge in [0.2, 0.25) is 5.91 Å². The van der Waals surface area contributed by atoms with E-state index in [2.05, 4.69) is 22.3 Å². The average molecular weight is 260 g/mol. The molecule has 1 amide bonds. The Balaban J connectivity index is 1.36. The van der Waals surface area contributed by atoms with E-state index in [1.807, 2.05) is 12.1 Å². The summed E-state index contributed by atoms with van der Waals surface area (Å²) in [4.78, 5) is 12.1. The van der Waals surface area contributed by atoms with E-state index in [1.165, 1.54) is 32.1 Å². The van der Waals surface area contributed by atoms with Gasteiger partial charge >= 0.3 is 0 Å². The van der Waals surface area contributed by atoms with E-state index in [9.17, 15) is 4.79 Å². The lowest BCUT2D eigenvalue weighted by molar-refractivity contribution is -0.123. The Kier molecular flexibility index (Phi) is 3.63. The van der Waals surface area contributed by atoms with Crippen molar-refractivity contribution in [3.63, 3.8) is 0 Å². The van der Waals surface area contributed by atoms with Gasteiger partial charge < -0.3 is 9.88 Å². The lowest BCUT2D eigenvalue weighted by Gasteiger charge is -2.22. The molecule has 0 radical (unpaired) electrons. The van der Waals surface area contributed by atoms with Crippen molar-refractivity contribution in [2.24, 2.45) is 11.3 Å². The van der Waals surface area contributed by atoms with E-state index in [1.54, 1.807) is 0 Å². The molecule has 0 bridgehead atoms. The van der Waals surface area contributed by atoms with Crippen LogP contribution < -0.4 is 5.32 Å². The van der Waals surface area contributed by atoms with Crippen molar-refractivity contribution in [1.29, 1.82) is 0 Å². The molecule has 0 saturated heterocycles. The van der Waals surface area contributed by atoms with Crippen LogP contribution in [0.1, 0.15) is 44.9 Å². The first-order valence-corrected chi connectivity index (χ1v) is 7.69. The molecule has 2 aliphatic carbocycles. The predicted molar refractivity (Wildman–Crippen MR) is 75.7 cm³/mol. The van der Waals surface area contributed by atoms with Crippen LogP contribution in [0.2, 0.25) is 0 Å². The van der Waals surface area contributed by atoms with Crippen LogP contribution in [0.3, 0.4) is 0 Å². The average Bonchev–Trinajstić information content (AvgIpc) is 2.89. The maximum absolute atomic E-state index is 12.1. The molecule has 0 aromatic carbocycles. The van der Waals surface area contributed by atoms with E-state index in [0.29, 0.717) is 17.2 Å². The largest absolute Gasteiger partial charge is 0.356 e. The smallest absolute Gasteiger partial charge is 0.223 e. The fraction of sp³-hybridized carbons (Fsp3) is 0.688. The highest BCUT2D eigenvalue weighted by molar-refractivity contribution is 5.82. The van der Waals surface area contributed by atoms with Crippen molar-refractivity contribution in [3.05, 3.63) is 24.5 Å². The minimum absolute atomic E-state index is 0.314. The number of aryl methyl sites for hydroxylation is 1. The van der Waals surface area contributed by atoms with Crippen LogP contribution >= 0.6 is 0 Å². The maximum Gasteiger partial charge on any atom is 0.223 e. The Morgan fingerprint density at radius 3 is 2.68 bits per heavy atom. The number of nitrogens with zero attached hydrogens (tertiary/aromatic N) is 1. The van der Waals surface area contributed by atoms with Crippen LogP contribution in [0.25, 0.3) is 0 Å². The van der Waals surface area contributed by atoms with Gasteiger partial charge in [-0.1, -0.05) is 19.3 Å². The van der Waals surface area contributed by atoms with Crippen LogP contribution in [0.4, 0.5) is 0 Å². The second-order valence-electron chi connectivity index (χ2n) is 6.25. The molecule has 1 N–H and O–H groups in total. The van der Waals surface area contributed by atoms with Crippen LogP contribution in [0.15, 0.2) is 24.5 Å². The van der Waals surface area contributed by atoms with Crippen LogP contribution in [0.5, 0.6) is 0 Å². The number of amides is 1. The monoisotopic (exact) mass is 260 g/mol. The summed E-state index contributed by atoms with van der Waals surface area (Å²) in [5, 5.41) is 3.13. The quantitative estimate of drug-likeness (QED) is 0.811. The third kappa shape index (κ3) is 2.85. The van der Waals surface area contributed by atoms with Crippen molar-refractivity contribution in [2.45, 2.75) is 51.5 Å². The molecule has 1 aromatic rings. The third-order valence-corrected chi connectivity index (χ3v) is 4.91. The van der Waals surface area contributed by atoms with E-state index in [0.717, 1.165) is 25.9 Å². The topological polar surface area (TPSA) is 34.0 Å². The van der Waals surface area contributed by atoms with Crippen LogP contribution in [-0.2, 0) is 11.3 Å². The van der Waals surface area contributed by atoms with E-state index < -0.39 is 0 Å².